The molecule has 0 unspecified atom stereocenters. The lowest BCUT2D eigenvalue weighted by Gasteiger charge is -2.10. The van der Waals surface area contributed by atoms with Crippen molar-refractivity contribution in [3.05, 3.63) is 122 Å². The third-order valence-electron chi connectivity index (χ3n) is 6.24. The van der Waals surface area contributed by atoms with E-state index < -0.39 is 0 Å². The average molecular weight is 485 g/mol. The van der Waals surface area contributed by atoms with Gasteiger partial charge < -0.3 is 9.84 Å². The summed E-state index contributed by atoms with van der Waals surface area (Å²) in [5, 5.41) is 10.6. The summed E-state index contributed by atoms with van der Waals surface area (Å²) in [5.41, 5.74) is 4.85. The summed E-state index contributed by atoms with van der Waals surface area (Å²) in [7, 11) is 1.66. The van der Waals surface area contributed by atoms with Crippen LogP contribution in [0.25, 0.3) is 45.5 Å². The second kappa shape index (κ2) is 9.51. The molecule has 0 aliphatic carbocycles. The SMILES string of the molecule is COc1ccccc1-c1cn(-c2ccccc2)c(-c2nc(-c3ccccc3O)cn2-c2ccccc2)n1. The number of nitrogens with zero attached hydrogens (tertiary/aromatic N) is 4. The second-order valence-corrected chi connectivity index (χ2v) is 8.53. The summed E-state index contributed by atoms with van der Waals surface area (Å²) < 4.78 is 9.68. The molecule has 0 radical (unpaired) electrons. The Labute approximate surface area is 214 Å². The van der Waals surface area contributed by atoms with E-state index in [-0.39, 0.29) is 5.75 Å². The summed E-state index contributed by atoms with van der Waals surface area (Å²) in [6.07, 6.45) is 3.94. The number of para-hydroxylation sites is 4. The van der Waals surface area contributed by atoms with Crippen molar-refractivity contribution < 1.29 is 9.84 Å². The topological polar surface area (TPSA) is 65.1 Å². The number of hydrogen-bond donors (Lipinski definition) is 1. The molecule has 0 saturated heterocycles. The first-order valence-electron chi connectivity index (χ1n) is 11.9. The molecule has 0 saturated carbocycles. The highest BCUT2D eigenvalue weighted by atomic mass is 16.5. The standard InChI is InChI=1S/C31H24N4O2/c1-37-29-19-11-9-17-25(29)27-21-35(23-14-6-3-7-15-23)31(33-27)30-32-26(24-16-8-10-18-28(24)36)20-34(30)22-12-4-2-5-13-22/h2-21,36H,1H3. The molecule has 0 fully saturated rings. The van der Waals surface area contributed by atoms with Gasteiger partial charge in [-0.15, -0.1) is 0 Å². The monoisotopic (exact) mass is 484 g/mol. The maximum Gasteiger partial charge on any atom is 0.182 e. The molecular weight excluding hydrogens is 460 g/mol. The van der Waals surface area contributed by atoms with E-state index in [2.05, 4.69) is 0 Å². The Morgan fingerprint density at radius 3 is 1.57 bits per heavy atom. The molecule has 37 heavy (non-hydrogen) atoms. The number of phenolic OH excluding ortho intramolecular Hbond substituents is 1. The molecule has 4 aromatic carbocycles. The zero-order chi connectivity index (χ0) is 25.2. The van der Waals surface area contributed by atoms with Crippen molar-refractivity contribution in [2.24, 2.45) is 0 Å². The number of aromatic hydroxyl groups is 1. The average Bonchev–Trinajstić information content (AvgIpc) is 3.59. The van der Waals surface area contributed by atoms with Gasteiger partial charge in [0.05, 0.1) is 18.5 Å². The van der Waals surface area contributed by atoms with Crippen molar-refractivity contribution in [3.63, 3.8) is 0 Å². The van der Waals surface area contributed by atoms with Gasteiger partial charge in [-0.3, -0.25) is 9.13 Å². The molecular formula is C31H24N4O2. The van der Waals surface area contributed by atoms with Crippen molar-refractivity contribution in [2.45, 2.75) is 0 Å². The van der Waals surface area contributed by atoms with Gasteiger partial charge in [0.15, 0.2) is 11.6 Å². The Morgan fingerprint density at radius 1 is 0.568 bits per heavy atom. The molecule has 0 aliphatic rings. The third kappa shape index (κ3) is 4.15. The van der Waals surface area contributed by atoms with Gasteiger partial charge in [0.25, 0.3) is 0 Å². The molecule has 2 aromatic heterocycles. The van der Waals surface area contributed by atoms with Crippen molar-refractivity contribution in [2.75, 3.05) is 7.11 Å². The van der Waals surface area contributed by atoms with Crippen LogP contribution in [0.5, 0.6) is 11.5 Å². The van der Waals surface area contributed by atoms with Crippen molar-refractivity contribution in [1.82, 2.24) is 19.1 Å². The normalized spacial score (nSPS) is 10.9. The summed E-state index contributed by atoms with van der Waals surface area (Å²) in [6, 6.07) is 35.1. The molecule has 0 bridgehead atoms. The number of rotatable bonds is 6. The smallest absolute Gasteiger partial charge is 0.182 e. The molecule has 180 valence electrons. The molecule has 6 nitrogen and oxygen atoms in total. The number of imidazole rings is 2. The van der Waals surface area contributed by atoms with Crippen LogP contribution in [-0.2, 0) is 0 Å². The molecule has 6 heteroatoms. The number of phenols is 1. The van der Waals surface area contributed by atoms with Crippen LogP contribution in [0.1, 0.15) is 0 Å². The molecule has 0 spiro atoms. The Balaban J connectivity index is 1.62. The van der Waals surface area contributed by atoms with Gasteiger partial charge in [0, 0.05) is 34.9 Å². The first-order valence-corrected chi connectivity index (χ1v) is 11.9. The second-order valence-electron chi connectivity index (χ2n) is 8.53. The van der Waals surface area contributed by atoms with E-state index in [4.69, 9.17) is 14.7 Å². The summed E-state index contributed by atoms with van der Waals surface area (Å²) in [6.45, 7) is 0. The van der Waals surface area contributed by atoms with E-state index in [1.807, 2.05) is 119 Å². The van der Waals surface area contributed by atoms with Gasteiger partial charge in [0.2, 0.25) is 0 Å². The number of hydrogen-bond acceptors (Lipinski definition) is 4. The minimum absolute atomic E-state index is 0.174. The van der Waals surface area contributed by atoms with Crippen LogP contribution in [0.3, 0.4) is 0 Å². The number of ether oxygens (including phenoxy) is 1. The number of methoxy groups -OCH3 is 1. The highest BCUT2D eigenvalue weighted by Crippen LogP contribution is 2.36. The predicted molar refractivity (Wildman–Crippen MR) is 145 cm³/mol. The van der Waals surface area contributed by atoms with Crippen LogP contribution in [0.2, 0.25) is 0 Å². The minimum atomic E-state index is 0.174. The fourth-order valence-electron chi connectivity index (χ4n) is 4.45. The Kier molecular flexibility index (Phi) is 5.75. The molecule has 0 atom stereocenters. The fraction of sp³-hybridized carbons (Fsp3) is 0.0323. The Bertz CT molecular complexity index is 1670. The van der Waals surface area contributed by atoms with E-state index >= 15 is 0 Å². The van der Waals surface area contributed by atoms with Crippen LogP contribution in [0, 0.1) is 0 Å². The van der Waals surface area contributed by atoms with Crippen LogP contribution >= 0.6 is 0 Å². The van der Waals surface area contributed by atoms with Crippen molar-refractivity contribution >= 4 is 0 Å². The van der Waals surface area contributed by atoms with Gasteiger partial charge in [-0.05, 0) is 48.5 Å². The molecule has 6 rings (SSSR count). The lowest BCUT2D eigenvalue weighted by Crippen LogP contribution is -2.02. The van der Waals surface area contributed by atoms with E-state index in [0.29, 0.717) is 22.9 Å². The Morgan fingerprint density at radius 2 is 1.03 bits per heavy atom. The quantitative estimate of drug-likeness (QED) is 0.283. The van der Waals surface area contributed by atoms with Crippen molar-refractivity contribution in [1.29, 1.82) is 0 Å². The van der Waals surface area contributed by atoms with Gasteiger partial charge in [0.1, 0.15) is 11.5 Å². The van der Waals surface area contributed by atoms with Gasteiger partial charge in [-0.2, -0.15) is 0 Å². The minimum Gasteiger partial charge on any atom is -0.507 e. The highest BCUT2D eigenvalue weighted by molar-refractivity contribution is 5.73. The zero-order valence-corrected chi connectivity index (χ0v) is 20.2. The summed E-state index contributed by atoms with van der Waals surface area (Å²) >= 11 is 0. The van der Waals surface area contributed by atoms with E-state index in [0.717, 1.165) is 28.4 Å². The van der Waals surface area contributed by atoms with E-state index in [9.17, 15) is 5.11 Å². The van der Waals surface area contributed by atoms with Crippen LogP contribution in [-0.4, -0.2) is 31.3 Å². The van der Waals surface area contributed by atoms with Gasteiger partial charge in [-0.25, -0.2) is 9.97 Å². The first-order chi connectivity index (χ1) is 18.2. The predicted octanol–water partition coefficient (Wildman–Crippen LogP) is 6.77. The van der Waals surface area contributed by atoms with Crippen LogP contribution in [0.4, 0.5) is 0 Å². The fourth-order valence-corrected chi connectivity index (χ4v) is 4.45. The highest BCUT2D eigenvalue weighted by Gasteiger charge is 2.22. The van der Waals surface area contributed by atoms with Crippen LogP contribution < -0.4 is 4.74 Å². The zero-order valence-electron chi connectivity index (χ0n) is 20.2. The van der Waals surface area contributed by atoms with Crippen LogP contribution in [0.15, 0.2) is 122 Å². The lowest BCUT2D eigenvalue weighted by molar-refractivity contribution is 0.416. The van der Waals surface area contributed by atoms with Gasteiger partial charge in [-0.1, -0.05) is 60.7 Å². The molecule has 0 amide bonds. The van der Waals surface area contributed by atoms with E-state index in [1.54, 1.807) is 19.2 Å². The third-order valence-corrected chi connectivity index (χ3v) is 6.24. The van der Waals surface area contributed by atoms with E-state index in [1.165, 1.54) is 0 Å². The molecule has 2 heterocycles. The molecule has 1 N–H and O–H groups in total. The summed E-state index contributed by atoms with van der Waals surface area (Å²) in [4.78, 5) is 10.1. The summed E-state index contributed by atoms with van der Waals surface area (Å²) in [5.74, 6) is 2.23. The van der Waals surface area contributed by atoms with Gasteiger partial charge >= 0.3 is 0 Å². The number of benzene rings is 4. The molecule has 6 aromatic rings. The maximum absolute atomic E-state index is 10.6. The molecule has 0 aliphatic heterocycles. The Hall–Kier alpha value is -5.10. The first kappa shape index (κ1) is 22.4. The van der Waals surface area contributed by atoms with Crippen molar-refractivity contribution in [3.8, 4) is 57.0 Å². The maximum atomic E-state index is 10.6. The number of aromatic nitrogens is 4. The lowest BCUT2D eigenvalue weighted by atomic mass is 10.1. The largest absolute Gasteiger partial charge is 0.507 e.